The van der Waals surface area contributed by atoms with Gasteiger partial charge in [0.25, 0.3) is 0 Å². The van der Waals surface area contributed by atoms with Crippen LogP contribution in [0.1, 0.15) is 85.0 Å². The van der Waals surface area contributed by atoms with Gasteiger partial charge in [0.15, 0.2) is 11.6 Å². The Morgan fingerprint density at radius 3 is 1.97 bits per heavy atom. The summed E-state index contributed by atoms with van der Waals surface area (Å²) in [4.78, 5) is 8.89. The van der Waals surface area contributed by atoms with E-state index in [1.807, 2.05) is 24.3 Å². The van der Waals surface area contributed by atoms with Crippen molar-refractivity contribution in [2.45, 2.75) is 85.0 Å². The van der Waals surface area contributed by atoms with Gasteiger partial charge >= 0.3 is 0 Å². The maximum absolute atomic E-state index is 5.87. The van der Waals surface area contributed by atoms with Crippen LogP contribution in [0, 0.1) is 5.92 Å². The van der Waals surface area contributed by atoms with E-state index in [9.17, 15) is 0 Å². The molecule has 2 rings (SSSR count). The molecule has 0 amide bonds. The van der Waals surface area contributed by atoms with Gasteiger partial charge in [0.1, 0.15) is 5.75 Å². The average Bonchev–Trinajstić information content (AvgIpc) is 2.79. The molecule has 2 aromatic rings. The van der Waals surface area contributed by atoms with Gasteiger partial charge in [-0.2, -0.15) is 0 Å². The summed E-state index contributed by atoms with van der Waals surface area (Å²) in [5.41, 5.74) is 0.988. The molecule has 1 atom stereocenters. The zero-order valence-electron chi connectivity index (χ0n) is 19.2. The summed E-state index contributed by atoms with van der Waals surface area (Å²) in [6, 6.07) is 8.03. The van der Waals surface area contributed by atoms with Gasteiger partial charge in [0.2, 0.25) is 0 Å². The topological polar surface area (TPSA) is 44.2 Å². The molecular formula is C26H40N2O2. The van der Waals surface area contributed by atoms with Crippen LogP contribution < -0.4 is 9.47 Å². The van der Waals surface area contributed by atoms with Crippen LogP contribution in [-0.2, 0) is 0 Å². The first-order valence-electron chi connectivity index (χ1n) is 11.9. The lowest BCUT2D eigenvalue weighted by atomic mass is 10.0. The first-order chi connectivity index (χ1) is 14.7. The van der Waals surface area contributed by atoms with Crippen molar-refractivity contribution in [2.24, 2.45) is 5.92 Å². The SMILES string of the molecule is CCCCCCCOc1cnc(-c2ccc(OCCCCCC(C)CC)cc2)nc1. The third-order valence-corrected chi connectivity index (χ3v) is 5.56. The van der Waals surface area contributed by atoms with Crippen LogP contribution in [0.3, 0.4) is 0 Å². The van der Waals surface area contributed by atoms with Gasteiger partial charge in [0, 0.05) is 5.56 Å². The molecule has 0 spiro atoms. The molecule has 1 aromatic carbocycles. The third kappa shape index (κ3) is 9.60. The molecule has 0 N–H and O–H groups in total. The molecule has 0 fully saturated rings. The molecule has 0 aliphatic carbocycles. The van der Waals surface area contributed by atoms with Crippen molar-refractivity contribution in [2.75, 3.05) is 13.2 Å². The fourth-order valence-corrected chi connectivity index (χ4v) is 3.30. The van der Waals surface area contributed by atoms with Crippen molar-refractivity contribution in [3.05, 3.63) is 36.7 Å². The van der Waals surface area contributed by atoms with Crippen molar-refractivity contribution in [1.29, 1.82) is 0 Å². The molecule has 0 bridgehead atoms. The zero-order valence-corrected chi connectivity index (χ0v) is 19.2. The zero-order chi connectivity index (χ0) is 21.4. The van der Waals surface area contributed by atoms with Crippen molar-refractivity contribution in [3.63, 3.8) is 0 Å². The van der Waals surface area contributed by atoms with Gasteiger partial charge in [-0.1, -0.05) is 72.1 Å². The predicted octanol–water partition coefficient (Wildman–Crippen LogP) is 7.48. The van der Waals surface area contributed by atoms with Crippen LogP contribution in [-0.4, -0.2) is 23.2 Å². The molecule has 30 heavy (non-hydrogen) atoms. The average molecular weight is 413 g/mol. The number of benzene rings is 1. The minimum atomic E-state index is 0.710. The molecule has 4 nitrogen and oxygen atoms in total. The van der Waals surface area contributed by atoms with Crippen LogP contribution in [0.15, 0.2) is 36.7 Å². The Morgan fingerprint density at radius 1 is 0.733 bits per heavy atom. The molecule has 4 heteroatoms. The Labute approximate surface area is 183 Å². The first kappa shape index (κ1) is 24.2. The number of unbranched alkanes of at least 4 members (excludes halogenated alkanes) is 6. The molecule has 0 saturated carbocycles. The summed E-state index contributed by atoms with van der Waals surface area (Å²) in [6.45, 7) is 8.34. The first-order valence-corrected chi connectivity index (χ1v) is 11.9. The van der Waals surface area contributed by atoms with Gasteiger partial charge in [-0.05, 0) is 43.0 Å². The molecule has 0 aliphatic heterocycles. The Balaban J connectivity index is 1.67. The van der Waals surface area contributed by atoms with Gasteiger partial charge < -0.3 is 9.47 Å². The summed E-state index contributed by atoms with van der Waals surface area (Å²) in [6.07, 6.45) is 15.9. The van der Waals surface area contributed by atoms with Crippen LogP contribution in [0.2, 0.25) is 0 Å². The quantitative estimate of drug-likeness (QED) is 0.268. The smallest absolute Gasteiger partial charge is 0.159 e. The second-order valence-corrected chi connectivity index (χ2v) is 8.24. The second-order valence-electron chi connectivity index (χ2n) is 8.24. The summed E-state index contributed by atoms with van der Waals surface area (Å²) in [7, 11) is 0. The number of rotatable bonds is 16. The number of nitrogens with zero attached hydrogens (tertiary/aromatic N) is 2. The van der Waals surface area contributed by atoms with Crippen LogP contribution in [0.5, 0.6) is 11.5 Å². The third-order valence-electron chi connectivity index (χ3n) is 5.56. The van der Waals surface area contributed by atoms with Crippen molar-refractivity contribution < 1.29 is 9.47 Å². The maximum Gasteiger partial charge on any atom is 0.159 e. The maximum atomic E-state index is 5.87. The molecule has 166 valence electrons. The van der Waals surface area contributed by atoms with Crippen molar-refractivity contribution in [3.8, 4) is 22.9 Å². The Hall–Kier alpha value is -2.10. The Morgan fingerprint density at radius 2 is 1.33 bits per heavy atom. The summed E-state index contributed by atoms with van der Waals surface area (Å²) in [5.74, 6) is 3.20. The van der Waals surface area contributed by atoms with Gasteiger partial charge in [-0.3, -0.25) is 0 Å². The number of ether oxygens (including phenoxy) is 2. The molecule has 1 unspecified atom stereocenters. The molecule has 0 saturated heterocycles. The lowest BCUT2D eigenvalue weighted by Crippen LogP contribution is -1.99. The van der Waals surface area contributed by atoms with E-state index in [1.165, 1.54) is 51.4 Å². The van der Waals surface area contributed by atoms with E-state index in [0.717, 1.165) is 49.0 Å². The van der Waals surface area contributed by atoms with E-state index in [2.05, 4.69) is 30.7 Å². The standard InChI is InChI=1S/C26H40N2O2/c1-4-6-7-8-11-19-30-25-20-27-26(28-21-25)23-14-16-24(17-15-23)29-18-12-9-10-13-22(3)5-2/h14-17,20-22H,4-13,18-19H2,1-3H3. The summed E-state index contributed by atoms with van der Waals surface area (Å²) >= 11 is 0. The highest BCUT2D eigenvalue weighted by Crippen LogP contribution is 2.21. The number of aromatic nitrogens is 2. The lowest BCUT2D eigenvalue weighted by molar-refractivity contribution is 0.302. The Bertz CT molecular complexity index is 670. The molecular weight excluding hydrogens is 372 g/mol. The second kappa shape index (κ2) is 14.8. The number of hydrogen-bond donors (Lipinski definition) is 0. The normalized spacial score (nSPS) is 12.0. The Kier molecular flexibility index (Phi) is 11.9. The van der Waals surface area contributed by atoms with E-state index in [0.29, 0.717) is 5.82 Å². The highest BCUT2D eigenvalue weighted by molar-refractivity contribution is 5.56. The van der Waals surface area contributed by atoms with E-state index in [1.54, 1.807) is 12.4 Å². The fraction of sp³-hybridized carbons (Fsp3) is 0.615. The molecule has 1 heterocycles. The van der Waals surface area contributed by atoms with Crippen LogP contribution >= 0.6 is 0 Å². The fourth-order valence-electron chi connectivity index (χ4n) is 3.30. The van der Waals surface area contributed by atoms with E-state index >= 15 is 0 Å². The molecule has 0 radical (unpaired) electrons. The monoisotopic (exact) mass is 412 g/mol. The van der Waals surface area contributed by atoms with Crippen molar-refractivity contribution in [1.82, 2.24) is 9.97 Å². The predicted molar refractivity (Wildman–Crippen MR) is 125 cm³/mol. The highest BCUT2D eigenvalue weighted by Gasteiger charge is 2.04. The van der Waals surface area contributed by atoms with Gasteiger partial charge in [-0.15, -0.1) is 0 Å². The minimum Gasteiger partial charge on any atom is -0.494 e. The van der Waals surface area contributed by atoms with Crippen LogP contribution in [0.25, 0.3) is 11.4 Å². The number of hydrogen-bond acceptors (Lipinski definition) is 4. The van der Waals surface area contributed by atoms with Gasteiger partial charge in [-0.25, -0.2) is 9.97 Å². The minimum absolute atomic E-state index is 0.710. The highest BCUT2D eigenvalue weighted by atomic mass is 16.5. The molecule has 0 aliphatic rings. The van der Waals surface area contributed by atoms with Crippen molar-refractivity contribution >= 4 is 0 Å². The van der Waals surface area contributed by atoms with E-state index < -0.39 is 0 Å². The molecule has 1 aromatic heterocycles. The van der Waals surface area contributed by atoms with Gasteiger partial charge in [0.05, 0.1) is 25.6 Å². The van der Waals surface area contributed by atoms with Crippen LogP contribution in [0.4, 0.5) is 0 Å². The summed E-state index contributed by atoms with van der Waals surface area (Å²) < 4.78 is 11.6. The van der Waals surface area contributed by atoms with E-state index in [-0.39, 0.29) is 0 Å². The largest absolute Gasteiger partial charge is 0.494 e. The summed E-state index contributed by atoms with van der Waals surface area (Å²) in [5, 5.41) is 0. The van der Waals surface area contributed by atoms with E-state index in [4.69, 9.17) is 9.47 Å². The lowest BCUT2D eigenvalue weighted by Gasteiger charge is -2.09.